The summed E-state index contributed by atoms with van der Waals surface area (Å²) < 4.78 is 32.4. The molecule has 206 valence electrons. The zero-order chi connectivity index (χ0) is 27.8. The van der Waals surface area contributed by atoms with Crippen LogP contribution in [0.1, 0.15) is 74.3 Å². The van der Waals surface area contributed by atoms with Crippen LogP contribution < -0.4 is 5.32 Å². The van der Waals surface area contributed by atoms with Gasteiger partial charge in [0.15, 0.2) is 5.79 Å². The van der Waals surface area contributed by atoms with Crippen molar-refractivity contribution in [2.24, 2.45) is 0 Å². The summed E-state index contributed by atoms with van der Waals surface area (Å²) in [6.45, 7) is 4.23. The van der Waals surface area contributed by atoms with Crippen LogP contribution in [0.3, 0.4) is 0 Å². The van der Waals surface area contributed by atoms with E-state index >= 15 is 0 Å². The highest BCUT2D eigenvalue weighted by Crippen LogP contribution is 2.37. The van der Waals surface area contributed by atoms with E-state index in [1.807, 2.05) is 18.2 Å². The Labute approximate surface area is 231 Å². The summed E-state index contributed by atoms with van der Waals surface area (Å²) in [6, 6.07) is 8.16. The number of allylic oxidation sites excluding steroid dienone is 4. The number of halogens is 3. The number of aromatic nitrogens is 2. The van der Waals surface area contributed by atoms with Crippen LogP contribution in [-0.2, 0) is 16.6 Å². The van der Waals surface area contributed by atoms with E-state index in [1.54, 1.807) is 19.1 Å². The Morgan fingerprint density at radius 1 is 1.08 bits per heavy atom. The average Bonchev–Trinajstić information content (AvgIpc) is 3.64. The quantitative estimate of drug-likeness (QED) is 0.161. The molecule has 2 heterocycles. The molecule has 0 amide bonds. The molecule has 1 fully saturated rings. The molecule has 0 radical (unpaired) electrons. The van der Waals surface area contributed by atoms with Gasteiger partial charge < -0.3 is 14.9 Å². The number of aliphatic hydroxyl groups excluding tert-OH is 1. The third-order valence-corrected chi connectivity index (χ3v) is 7.73. The predicted molar refractivity (Wildman–Crippen MR) is 146 cm³/mol. The van der Waals surface area contributed by atoms with Gasteiger partial charge in [0.1, 0.15) is 24.5 Å². The number of aryl methyl sites for hydroxylation is 1. The van der Waals surface area contributed by atoms with Crippen molar-refractivity contribution in [1.82, 2.24) is 15.3 Å². The molecule has 4 unspecified atom stereocenters. The largest absolute Gasteiger partial charge is 0.374 e. The number of hydrogen-bond acceptors (Lipinski definition) is 6. The summed E-state index contributed by atoms with van der Waals surface area (Å²) in [7, 11) is 0. The van der Waals surface area contributed by atoms with E-state index in [-0.39, 0.29) is 5.41 Å². The van der Waals surface area contributed by atoms with Crippen molar-refractivity contribution in [2.75, 3.05) is 6.61 Å². The fourth-order valence-electron chi connectivity index (χ4n) is 4.97. The first-order chi connectivity index (χ1) is 18.5. The molecule has 0 bridgehead atoms. The highest BCUT2D eigenvalue weighted by Gasteiger charge is 2.41. The van der Waals surface area contributed by atoms with E-state index in [0.29, 0.717) is 53.1 Å². The van der Waals surface area contributed by atoms with E-state index in [1.165, 1.54) is 12.1 Å². The van der Waals surface area contributed by atoms with Gasteiger partial charge in [0.2, 0.25) is 0 Å². The molecule has 3 N–H and O–H groups in total. The molecule has 2 aromatic carbocycles. The average molecular weight is 556 g/mol. The van der Waals surface area contributed by atoms with E-state index in [2.05, 4.69) is 18.3 Å². The molecule has 2 aliphatic rings. The Morgan fingerprint density at radius 3 is 2.49 bits per heavy atom. The first-order valence-electron chi connectivity index (χ1n) is 13.2. The number of nitrogens with zero attached hydrogens (tertiary/aromatic N) is 2. The molecule has 1 saturated heterocycles. The fraction of sp³-hybridized carbons (Fsp3) is 0.400. The molecule has 5 rings (SSSR count). The Kier molecular flexibility index (Phi) is 7.86. The maximum Gasteiger partial charge on any atom is 0.189 e. The van der Waals surface area contributed by atoms with E-state index in [4.69, 9.17) is 26.3 Å². The Hall–Kier alpha value is -2.75. The third-order valence-electron chi connectivity index (χ3n) is 7.45. The van der Waals surface area contributed by atoms with Crippen LogP contribution in [0.2, 0.25) is 0 Å². The van der Waals surface area contributed by atoms with Gasteiger partial charge in [0, 0.05) is 29.0 Å². The van der Waals surface area contributed by atoms with Crippen molar-refractivity contribution < 1.29 is 23.7 Å². The van der Waals surface area contributed by atoms with Crippen molar-refractivity contribution >= 4 is 22.6 Å². The van der Waals surface area contributed by atoms with Gasteiger partial charge in [-0.15, -0.1) is 0 Å². The number of nitrogens with one attached hydrogen (secondary N) is 1. The topological polar surface area (TPSA) is 90.8 Å². The molecule has 1 aliphatic carbocycles. The molecular weight excluding hydrogens is 524 g/mol. The molecule has 3 aromatic rings. The zero-order valence-electron chi connectivity index (χ0n) is 21.9. The van der Waals surface area contributed by atoms with Gasteiger partial charge in [0.25, 0.3) is 0 Å². The summed E-state index contributed by atoms with van der Waals surface area (Å²) in [5.74, 6) is -2.31. The Morgan fingerprint density at radius 2 is 1.82 bits per heavy atom. The van der Waals surface area contributed by atoms with Crippen molar-refractivity contribution in [1.29, 1.82) is 0 Å². The normalized spacial score (nSPS) is 24.0. The minimum Gasteiger partial charge on any atom is -0.374 e. The lowest BCUT2D eigenvalue weighted by Gasteiger charge is -2.29. The van der Waals surface area contributed by atoms with Crippen molar-refractivity contribution in [3.8, 4) is 0 Å². The first kappa shape index (κ1) is 27.8. The van der Waals surface area contributed by atoms with Gasteiger partial charge in [0.05, 0.1) is 22.4 Å². The van der Waals surface area contributed by atoms with Crippen LogP contribution in [0.4, 0.5) is 8.78 Å². The third kappa shape index (κ3) is 6.53. The lowest BCUT2D eigenvalue weighted by molar-refractivity contribution is 0.0267. The molecule has 0 spiro atoms. The molecule has 4 atom stereocenters. The second-order valence-corrected chi connectivity index (χ2v) is 11.2. The first-order valence-corrected chi connectivity index (χ1v) is 13.5. The number of ether oxygens (including phenoxy) is 1. The monoisotopic (exact) mass is 555 g/mol. The van der Waals surface area contributed by atoms with Gasteiger partial charge in [-0.05, 0) is 74.1 Å². The van der Waals surface area contributed by atoms with E-state index in [9.17, 15) is 19.0 Å². The number of rotatable bonds is 10. The van der Waals surface area contributed by atoms with Crippen LogP contribution in [0.25, 0.3) is 11.0 Å². The molecule has 6 nitrogen and oxygen atoms in total. The van der Waals surface area contributed by atoms with Crippen molar-refractivity contribution in [2.45, 2.75) is 69.4 Å². The number of benzene rings is 2. The highest BCUT2D eigenvalue weighted by atomic mass is 35.5. The predicted octanol–water partition coefficient (Wildman–Crippen LogP) is 6.02. The maximum absolute atomic E-state index is 13.7. The summed E-state index contributed by atoms with van der Waals surface area (Å²) in [4.78, 5) is 10.0. The highest BCUT2D eigenvalue weighted by molar-refractivity contribution is 6.31. The number of hydrogen-bond donors (Lipinski definition) is 3. The SMILES string of the molecule is CC(NC(O)c1ccc2nc(C3(C)C=CC(Cl)=CC3)c(CCCCC3(O)CO3)nc2c1)c1cc(F)cc(F)c1. The summed E-state index contributed by atoms with van der Waals surface area (Å²) in [5.41, 5.74) is 3.64. The summed E-state index contributed by atoms with van der Waals surface area (Å²) in [6.07, 6.45) is 8.38. The lowest BCUT2D eigenvalue weighted by Crippen LogP contribution is -2.25. The van der Waals surface area contributed by atoms with Crippen molar-refractivity contribution in [3.63, 3.8) is 0 Å². The molecular formula is C30H32ClF2N3O3. The van der Waals surface area contributed by atoms with Crippen LogP contribution >= 0.6 is 11.6 Å². The van der Waals surface area contributed by atoms with Crippen LogP contribution in [-0.4, -0.2) is 32.6 Å². The molecule has 0 saturated carbocycles. The fourth-order valence-corrected chi connectivity index (χ4v) is 5.11. The maximum atomic E-state index is 13.7. The number of epoxide rings is 1. The number of unbranched alkanes of at least 4 members (excludes halogenated alkanes) is 1. The minimum absolute atomic E-state index is 0.373. The smallest absolute Gasteiger partial charge is 0.189 e. The summed E-state index contributed by atoms with van der Waals surface area (Å²) in [5, 5.41) is 24.6. The minimum atomic E-state index is -1.09. The van der Waals surface area contributed by atoms with Crippen LogP contribution in [0.5, 0.6) is 0 Å². The van der Waals surface area contributed by atoms with Gasteiger partial charge in [-0.25, -0.2) is 18.7 Å². The van der Waals surface area contributed by atoms with Gasteiger partial charge in [-0.3, -0.25) is 5.32 Å². The zero-order valence-corrected chi connectivity index (χ0v) is 22.7. The molecule has 1 aromatic heterocycles. The van der Waals surface area contributed by atoms with Crippen LogP contribution in [0, 0.1) is 11.6 Å². The second kappa shape index (κ2) is 11.0. The Bertz CT molecular complexity index is 1420. The van der Waals surface area contributed by atoms with Crippen LogP contribution in [0.15, 0.2) is 59.7 Å². The summed E-state index contributed by atoms with van der Waals surface area (Å²) >= 11 is 6.19. The van der Waals surface area contributed by atoms with E-state index < -0.39 is 29.7 Å². The van der Waals surface area contributed by atoms with Gasteiger partial charge >= 0.3 is 0 Å². The molecule has 9 heteroatoms. The number of fused-ring (bicyclic) bond motifs is 1. The second-order valence-electron chi connectivity index (χ2n) is 10.7. The van der Waals surface area contributed by atoms with Gasteiger partial charge in [-0.2, -0.15) is 0 Å². The van der Waals surface area contributed by atoms with Gasteiger partial charge in [-0.1, -0.05) is 36.7 Å². The van der Waals surface area contributed by atoms with E-state index in [0.717, 1.165) is 30.3 Å². The standard InChI is InChI=1S/C30H32ClF2N3O3/c1-18(20-13-22(32)16-23(33)14-20)34-28(37)19-6-7-24-26(15-19)35-25(5-3-4-10-30(38)17-39-30)27(36-24)29(2)11-8-21(31)9-12-29/h6-9,11,13-16,18,28,34,37-38H,3-5,10,12,17H2,1-2H3. The molecule has 39 heavy (non-hydrogen) atoms. The Balaban J connectivity index is 1.40. The lowest BCUT2D eigenvalue weighted by atomic mass is 9.78. The molecule has 1 aliphatic heterocycles. The van der Waals surface area contributed by atoms with Crippen molar-refractivity contribution in [3.05, 3.63) is 93.8 Å². The number of aliphatic hydroxyl groups is 2.